The van der Waals surface area contributed by atoms with Gasteiger partial charge in [-0.05, 0) is 43.2 Å². The fourth-order valence-corrected chi connectivity index (χ4v) is 5.88. The number of aromatic nitrogens is 2. The number of rotatable bonds is 6. The summed E-state index contributed by atoms with van der Waals surface area (Å²) in [5, 5.41) is 13.4. The molecule has 27 heavy (non-hydrogen) atoms. The SMILES string of the molecule is CSc1nc(SCC(=O)c2ccc([N+](=O)[O-])cc2)c2c3c(sc2n1)CCC3. The van der Waals surface area contributed by atoms with Crippen molar-refractivity contribution in [2.24, 2.45) is 0 Å². The Morgan fingerprint density at radius 1 is 1.26 bits per heavy atom. The zero-order valence-corrected chi connectivity index (χ0v) is 16.9. The number of ketones is 1. The number of carbonyl (C=O) groups excluding carboxylic acids is 1. The second-order valence-corrected chi connectivity index (χ2v) is 8.89. The molecule has 1 aliphatic rings. The quantitative estimate of drug-likeness (QED) is 0.142. The van der Waals surface area contributed by atoms with Gasteiger partial charge in [-0.25, -0.2) is 9.97 Å². The number of aryl methyl sites for hydroxylation is 2. The van der Waals surface area contributed by atoms with Gasteiger partial charge in [0.05, 0.1) is 10.7 Å². The van der Waals surface area contributed by atoms with E-state index >= 15 is 0 Å². The molecule has 0 saturated heterocycles. The molecular weight excluding hydrogens is 402 g/mol. The molecule has 0 fully saturated rings. The number of non-ortho nitro benzene ring substituents is 1. The Morgan fingerprint density at radius 3 is 2.74 bits per heavy atom. The van der Waals surface area contributed by atoms with Gasteiger partial charge < -0.3 is 0 Å². The topological polar surface area (TPSA) is 86.0 Å². The lowest BCUT2D eigenvalue weighted by Crippen LogP contribution is -2.03. The third kappa shape index (κ3) is 3.59. The van der Waals surface area contributed by atoms with Crippen LogP contribution in [-0.2, 0) is 12.8 Å². The minimum Gasteiger partial charge on any atom is -0.293 e. The third-order valence-electron chi connectivity index (χ3n) is 4.43. The van der Waals surface area contributed by atoms with Crippen molar-refractivity contribution in [3.63, 3.8) is 0 Å². The van der Waals surface area contributed by atoms with Gasteiger partial charge in [-0.2, -0.15) is 0 Å². The average Bonchev–Trinajstić information content (AvgIpc) is 3.26. The van der Waals surface area contributed by atoms with Gasteiger partial charge in [-0.3, -0.25) is 14.9 Å². The first-order chi connectivity index (χ1) is 13.1. The molecule has 1 aromatic carbocycles. The van der Waals surface area contributed by atoms with Gasteiger partial charge in [0.15, 0.2) is 10.9 Å². The van der Waals surface area contributed by atoms with Crippen LogP contribution in [0.1, 0.15) is 27.2 Å². The highest BCUT2D eigenvalue weighted by atomic mass is 32.2. The lowest BCUT2D eigenvalue weighted by molar-refractivity contribution is -0.384. The van der Waals surface area contributed by atoms with E-state index in [-0.39, 0.29) is 17.2 Å². The van der Waals surface area contributed by atoms with Crippen LogP contribution in [0.5, 0.6) is 0 Å². The van der Waals surface area contributed by atoms with Crippen LogP contribution >= 0.6 is 34.9 Å². The summed E-state index contributed by atoms with van der Waals surface area (Å²) < 4.78 is 0. The van der Waals surface area contributed by atoms with E-state index in [9.17, 15) is 14.9 Å². The van der Waals surface area contributed by atoms with Crippen LogP contribution < -0.4 is 0 Å². The van der Waals surface area contributed by atoms with E-state index in [1.54, 1.807) is 11.3 Å². The van der Waals surface area contributed by atoms with Crippen LogP contribution in [0.4, 0.5) is 5.69 Å². The lowest BCUT2D eigenvalue weighted by atomic mass is 10.1. The van der Waals surface area contributed by atoms with Crippen LogP contribution in [0.25, 0.3) is 10.2 Å². The molecule has 0 bridgehead atoms. The van der Waals surface area contributed by atoms with Crippen LogP contribution in [0.3, 0.4) is 0 Å². The fourth-order valence-electron chi connectivity index (χ4n) is 3.13. The molecule has 9 heteroatoms. The lowest BCUT2D eigenvalue weighted by Gasteiger charge is -2.06. The Labute approximate surface area is 167 Å². The van der Waals surface area contributed by atoms with Crippen LogP contribution in [0, 0.1) is 10.1 Å². The second kappa shape index (κ2) is 7.57. The van der Waals surface area contributed by atoms with Crippen molar-refractivity contribution in [1.29, 1.82) is 0 Å². The molecule has 2 aromatic heterocycles. The van der Waals surface area contributed by atoms with E-state index in [4.69, 9.17) is 0 Å². The minimum atomic E-state index is -0.471. The molecule has 0 saturated carbocycles. The normalized spacial score (nSPS) is 13.1. The summed E-state index contributed by atoms with van der Waals surface area (Å²) in [5.41, 5.74) is 1.79. The highest BCUT2D eigenvalue weighted by Gasteiger charge is 2.23. The van der Waals surface area contributed by atoms with Gasteiger partial charge in [-0.1, -0.05) is 23.5 Å². The predicted octanol–water partition coefficient (Wildman–Crippen LogP) is 4.79. The van der Waals surface area contributed by atoms with E-state index in [1.165, 1.54) is 58.2 Å². The van der Waals surface area contributed by atoms with E-state index in [0.717, 1.165) is 34.5 Å². The first-order valence-corrected chi connectivity index (χ1v) is 11.4. The number of nitro groups is 1. The van der Waals surface area contributed by atoms with Gasteiger partial charge in [0, 0.05) is 28.0 Å². The average molecular weight is 418 g/mol. The summed E-state index contributed by atoms with van der Waals surface area (Å²) in [6, 6.07) is 5.73. The third-order valence-corrected chi connectivity index (χ3v) is 7.14. The maximum atomic E-state index is 12.5. The highest BCUT2D eigenvalue weighted by Crippen LogP contribution is 2.41. The van der Waals surface area contributed by atoms with E-state index in [0.29, 0.717) is 10.7 Å². The molecule has 138 valence electrons. The highest BCUT2D eigenvalue weighted by molar-refractivity contribution is 8.00. The molecule has 0 unspecified atom stereocenters. The number of thiophene rings is 1. The van der Waals surface area contributed by atoms with Crippen molar-refractivity contribution in [3.8, 4) is 0 Å². The number of thioether (sulfide) groups is 2. The molecule has 6 nitrogen and oxygen atoms in total. The first kappa shape index (κ1) is 18.4. The molecule has 0 aliphatic heterocycles. The summed E-state index contributed by atoms with van der Waals surface area (Å²) in [6.45, 7) is 0. The van der Waals surface area contributed by atoms with Crippen molar-refractivity contribution >= 4 is 56.5 Å². The number of hydrogen-bond acceptors (Lipinski definition) is 8. The van der Waals surface area contributed by atoms with E-state index in [2.05, 4.69) is 9.97 Å². The summed E-state index contributed by atoms with van der Waals surface area (Å²) in [7, 11) is 0. The van der Waals surface area contributed by atoms with Crippen molar-refractivity contribution < 1.29 is 9.72 Å². The van der Waals surface area contributed by atoms with Gasteiger partial charge in [0.1, 0.15) is 9.86 Å². The second-order valence-electron chi connectivity index (χ2n) is 6.07. The Kier molecular flexibility index (Phi) is 5.16. The van der Waals surface area contributed by atoms with Crippen LogP contribution in [0.2, 0.25) is 0 Å². The summed E-state index contributed by atoms with van der Waals surface area (Å²) in [4.78, 5) is 34.5. The number of Topliss-reactive ketones (excluding diaryl/α,β-unsaturated/α-hetero) is 1. The smallest absolute Gasteiger partial charge is 0.269 e. The fraction of sp³-hybridized carbons (Fsp3) is 0.278. The van der Waals surface area contributed by atoms with Crippen molar-refractivity contribution in [2.75, 3.05) is 12.0 Å². The summed E-state index contributed by atoms with van der Waals surface area (Å²) in [5.74, 6) is 0.168. The zero-order valence-electron chi connectivity index (χ0n) is 14.4. The Hall–Kier alpha value is -1.97. The monoisotopic (exact) mass is 417 g/mol. The van der Waals surface area contributed by atoms with Gasteiger partial charge in [0.25, 0.3) is 5.69 Å². The molecule has 0 amide bonds. The Morgan fingerprint density at radius 2 is 2.04 bits per heavy atom. The predicted molar refractivity (Wildman–Crippen MR) is 109 cm³/mol. The molecule has 0 radical (unpaired) electrons. The molecular formula is C18H15N3O3S3. The Bertz CT molecular complexity index is 1050. The molecule has 1 aliphatic carbocycles. The molecule has 2 heterocycles. The molecule has 0 atom stereocenters. The number of hydrogen-bond donors (Lipinski definition) is 0. The number of nitrogens with zero attached hydrogens (tertiary/aromatic N) is 3. The van der Waals surface area contributed by atoms with E-state index in [1.807, 2.05) is 6.26 Å². The minimum absolute atomic E-state index is 0.0184. The van der Waals surface area contributed by atoms with Crippen molar-refractivity contribution in [3.05, 3.63) is 50.4 Å². The molecule has 0 N–H and O–H groups in total. The number of benzene rings is 1. The largest absolute Gasteiger partial charge is 0.293 e. The maximum absolute atomic E-state index is 12.5. The van der Waals surface area contributed by atoms with Crippen molar-refractivity contribution in [2.45, 2.75) is 29.4 Å². The van der Waals surface area contributed by atoms with E-state index < -0.39 is 4.92 Å². The summed E-state index contributed by atoms with van der Waals surface area (Å²) >= 11 is 4.66. The standard InChI is InChI=1S/C18H15N3O3S3/c1-25-18-19-16(15-12-3-2-4-14(12)27-17(15)20-18)26-9-13(22)10-5-7-11(8-6-10)21(23)24/h5-8H,2-4,9H2,1H3. The maximum Gasteiger partial charge on any atom is 0.269 e. The van der Waals surface area contributed by atoms with Crippen LogP contribution in [0.15, 0.2) is 34.4 Å². The molecule has 0 spiro atoms. The Balaban J connectivity index is 1.59. The van der Waals surface area contributed by atoms with Gasteiger partial charge in [0.2, 0.25) is 0 Å². The number of nitro benzene ring substituents is 1. The van der Waals surface area contributed by atoms with Crippen molar-refractivity contribution in [1.82, 2.24) is 9.97 Å². The molecule has 3 aromatic rings. The number of fused-ring (bicyclic) bond motifs is 3. The van der Waals surface area contributed by atoms with Crippen LogP contribution in [-0.4, -0.2) is 32.7 Å². The molecule has 4 rings (SSSR count). The number of carbonyl (C=O) groups is 1. The van der Waals surface area contributed by atoms with Gasteiger partial charge >= 0.3 is 0 Å². The first-order valence-electron chi connectivity index (χ1n) is 8.33. The zero-order chi connectivity index (χ0) is 19.0. The van der Waals surface area contributed by atoms with Gasteiger partial charge in [-0.15, -0.1) is 11.3 Å². The summed E-state index contributed by atoms with van der Waals surface area (Å²) in [6.07, 6.45) is 5.24.